The first-order valence-corrected chi connectivity index (χ1v) is 5.90. The lowest BCUT2D eigenvalue weighted by atomic mass is 10.1. The largest absolute Gasteiger partial charge is 0.431 e. The number of nitrogens with two attached hydrogens (primary N) is 1. The molecule has 0 spiro atoms. The first-order valence-electron chi connectivity index (χ1n) is 5.90. The summed E-state index contributed by atoms with van der Waals surface area (Å²) in [7, 11) is 0. The van der Waals surface area contributed by atoms with Crippen LogP contribution in [0.1, 0.15) is 16.7 Å². The van der Waals surface area contributed by atoms with Crippen LogP contribution in [-0.2, 0) is 0 Å². The van der Waals surface area contributed by atoms with Gasteiger partial charge in [-0.3, -0.25) is 10.1 Å². The van der Waals surface area contributed by atoms with Crippen molar-refractivity contribution in [3.8, 4) is 11.6 Å². The van der Waals surface area contributed by atoms with Gasteiger partial charge in [-0.2, -0.15) is 0 Å². The Morgan fingerprint density at radius 3 is 2.60 bits per heavy atom. The Bertz CT molecular complexity index is 686. The van der Waals surface area contributed by atoms with Crippen LogP contribution in [0.4, 0.5) is 11.5 Å². The number of nitro benzene ring substituents is 1. The molecular weight excluding hydrogens is 260 g/mol. The second kappa shape index (κ2) is 5.12. The van der Waals surface area contributed by atoms with E-state index in [4.69, 9.17) is 10.5 Å². The predicted molar refractivity (Wildman–Crippen MR) is 73.8 cm³/mol. The monoisotopic (exact) mass is 274 g/mol. The molecule has 2 N–H and O–H groups in total. The number of nitrogen functional groups attached to an aromatic ring is 1. The Morgan fingerprint density at radius 2 is 1.95 bits per heavy atom. The molecule has 2 rings (SSSR count). The molecule has 0 aliphatic heterocycles. The van der Waals surface area contributed by atoms with Crippen LogP contribution in [0.25, 0.3) is 0 Å². The summed E-state index contributed by atoms with van der Waals surface area (Å²) in [5.41, 5.74) is 7.57. The number of rotatable bonds is 3. The molecule has 0 amide bonds. The zero-order valence-electron chi connectivity index (χ0n) is 11.4. The number of nitrogens with zero attached hydrogens (tertiary/aromatic N) is 3. The summed E-state index contributed by atoms with van der Waals surface area (Å²) in [6.07, 6.45) is 1.26. The molecule has 0 radical (unpaired) electrons. The fourth-order valence-corrected chi connectivity index (χ4v) is 1.85. The van der Waals surface area contributed by atoms with Gasteiger partial charge in [-0.15, -0.1) is 0 Å². The highest BCUT2D eigenvalue weighted by Gasteiger charge is 2.20. The molecule has 1 aromatic carbocycles. The molecule has 1 aromatic heterocycles. The van der Waals surface area contributed by atoms with Crippen LogP contribution in [0.3, 0.4) is 0 Å². The zero-order chi connectivity index (χ0) is 14.9. The van der Waals surface area contributed by atoms with E-state index in [0.717, 1.165) is 5.56 Å². The van der Waals surface area contributed by atoms with Gasteiger partial charge in [0, 0.05) is 6.07 Å². The van der Waals surface area contributed by atoms with Crippen LogP contribution in [0, 0.1) is 30.9 Å². The van der Waals surface area contributed by atoms with Crippen LogP contribution < -0.4 is 10.5 Å². The number of aromatic nitrogens is 2. The smallest absolute Gasteiger partial charge is 0.312 e. The third-order valence-electron chi connectivity index (χ3n) is 2.87. The molecule has 0 saturated carbocycles. The van der Waals surface area contributed by atoms with Gasteiger partial charge in [0.15, 0.2) is 0 Å². The first kappa shape index (κ1) is 13.7. The molecule has 0 aliphatic carbocycles. The molecule has 7 heteroatoms. The Kier molecular flexibility index (Phi) is 3.51. The van der Waals surface area contributed by atoms with E-state index in [1.165, 1.54) is 12.4 Å². The lowest BCUT2D eigenvalue weighted by molar-refractivity contribution is -0.385. The summed E-state index contributed by atoms with van der Waals surface area (Å²) >= 11 is 0. The Hall–Kier alpha value is -2.70. The predicted octanol–water partition coefficient (Wildman–Crippen LogP) is 2.68. The molecule has 0 fully saturated rings. The third kappa shape index (κ3) is 2.51. The van der Waals surface area contributed by atoms with Crippen LogP contribution in [0.2, 0.25) is 0 Å². The molecule has 0 bridgehead atoms. The van der Waals surface area contributed by atoms with Crippen LogP contribution in [0.15, 0.2) is 18.5 Å². The topological polar surface area (TPSA) is 104 Å². The summed E-state index contributed by atoms with van der Waals surface area (Å²) < 4.78 is 5.60. The van der Waals surface area contributed by atoms with Gasteiger partial charge in [0.2, 0.25) is 11.6 Å². The van der Waals surface area contributed by atoms with Gasteiger partial charge in [0.05, 0.1) is 10.5 Å². The van der Waals surface area contributed by atoms with Crippen molar-refractivity contribution in [1.82, 2.24) is 9.97 Å². The van der Waals surface area contributed by atoms with Gasteiger partial charge < -0.3 is 10.5 Å². The number of aryl methyl sites for hydroxylation is 2. The molecule has 1 heterocycles. The summed E-state index contributed by atoms with van der Waals surface area (Å²) in [6.45, 7) is 5.23. The Balaban J connectivity index is 2.53. The van der Waals surface area contributed by atoms with E-state index in [9.17, 15) is 10.1 Å². The number of nitro groups is 1. The minimum atomic E-state index is -0.477. The summed E-state index contributed by atoms with van der Waals surface area (Å²) in [5.74, 6) is 0.664. The lowest BCUT2D eigenvalue weighted by Gasteiger charge is -2.11. The molecule has 0 unspecified atom stereocenters. The van der Waals surface area contributed by atoms with Crippen LogP contribution >= 0.6 is 0 Å². The van der Waals surface area contributed by atoms with E-state index >= 15 is 0 Å². The van der Waals surface area contributed by atoms with E-state index in [0.29, 0.717) is 11.1 Å². The number of anilines is 1. The second-order valence-electron chi connectivity index (χ2n) is 4.48. The summed E-state index contributed by atoms with van der Waals surface area (Å²) in [4.78, 5) is 18.4. The molecule has 0 aliphatic rings. The maximum atomic E-state index is 11.1. The molecule has 0 saturated heterocycles. The fourth-order valence-electron chi connectivity index (χ4n) is 1.85. The molecule has 0 atom stereocenters. The molecular formula is C13H14N4O3. The van der Waals surface area contributed by atoms with Gasteiger partial charge in [-0.05, 0) is 31.9 Å². The van der Waals surface area contributed by atoms with Crippen molar-refractivity contribution in [3.05, 3.63) is 45.3 Å². The quantitative estimate of drug-likeness (QED) is 0.681. The number of ether oxygens (including phenoxy) is 1. The highest BCUT2D eigenvalue weighted by molar-refractivity contribution is 5.56. The van der Waals surface area contributed by atoms with Crippen molar-refractivity contribution in [2.45, 2.75) is 20.8 Å². The van der Waals surface area contributed by atoms with E-state index in [2.05, 4.69) is 9.97 Å². The van der Waals surface area contributed by atoms with Gasteiger partial charge in [-0.1, -0.05) is 6.07 Å². The minimum Gasteiger partial charge on any atom is -0.431 e. The SMILES string of the molecule is Cc1cc(C)c(Oc2ncnc(N)c2C)c([N+](=O)[O-])c1. The van der Waals surface area contributed by atoms with Crippen molar-refractivity contribution >= 4 is 11.5 Å². The van der Waals surface area contributed by atoms with Crippen LogP contribution in [0.5, 0.6) is 11.6 Å². The second-order valence-corrected chi connectivity index (χ2v) is 4.48. The summed E-state index contributed by atoms with van der Waals surface area (Å²) in [6, 6.07) is 3.27. The zero-order valence-corrected chi connectivity index (χ0v) is 11.4. The van der Waals surface area contributed by atoms with Crippen molar-refractivity contribution in [2.24, 2.45) is 0 Å². The highest BCUT2D eigenvalue weighted by atomic mass is 16.6. The van der Waals surface area contributed by atoms with Crippen molar-refractivity contribution in [3.63, 3.8) is 0 Å². The Labute approximate surface area is 115 Å². The lowest BCUT2D eigenvalue weighted by Crippen LogP contribution is -2.02. The average Bonchev–Trinajstić information content (AvgIpc) is 2.37. The molecule has 7 nitrogen and oxygen atoms in total. The van der Waals surface area contributed by atoms with Gasteiger partial charge in [0.1, 0.15) is 12.1 Å². The summed E-state index contributed by atoms with van der Waals surface area (Å²) in [5, 5.41) is 11.1. The number of hydrogen-bond donors (Lipinski definition) is 1. The number of benzene rings is 1. The van der Waals surface area contributed by atoms with E-state index in [-0.39, 0.29) is 23.1 Å². The van der Waals surface area contributed by atoms with Crippen molar-refractivity contribution < 1.29 is 9.66 Å². The van der Waals surface area contributed by atoms with Crippen LogP contribution in [-0.4, -0.2) is 14.9 Å². The van der Waals surface area contributed by atoms with E-state index in [1.807, 2.05) is 6.07 Å². The van der Waals surface area contributed by atoms with Gasteiger partial charge in [-0.25, -0.2) is 9.97 Å². The minimum absolute atomic E-state index is 0.0981. The van der Waals surface area contributed by atoms with Crippen molar-refractivity contribution in [1.29, 1.82) is 0 Å². The molecule has 104 valence electrons. The normalized spacial score (nSPS) is 10.3. The standard InChI is InChI=1S/C13H14N4O3/c1-7-4-8(2)11(10(5-7)17(18)19)20-13-9(3)12(14)15-6-16-13/h4-6H,1-3H3,(H2,14,15,16). The third-order valence-corrected chi connectivity index (χ3v) is 2.87. The van der Waals surface area contributed by atoms with Crippen molar-refractivity contribution in [2.75, 3.05) is 5.73 Å². The molecule has 20 heavy (non-hydrogen) atoms. The molecule has 2 aromatic rings. The van der Waals surface area contributed by atoms with E-state index < -0.39 is 4.92 Å². The fraction of sp³-hybridized carbons (Fsp3) is 0.231. The van der Waals surface area contributed by atoms with E-state index in [1.54, 1.807) is 20.8 Å². The maximum Gasteiger partial charge on any atom is 0.312 e. The maximum absolute atomic E-state index is 11.1. The first-order chi connectivity index (χ1) is 9.40. The van der Waals surface area contributed by atoms with Gasteiger partial charge in [0.25, 0.3) is 0 Å². The Morgan fingerprint density at radius 1 is 1.25 bits per heavy atom. The highest BCUT2D eigenvalue weighted by Crippen LogP contribution is 2.36. The number of hydrogen-bond acceptors (Lipinski definition) is 6. The van der Waals surface area contributed by atoms with Gasteiger partial charge >= 0.3 is 5.69 Å². The average molecular weight is 274 g/mol.